The molecule has 1 fully saturated rings. The highest BCUT2D eigenvalue weighted by atomic mass is 16.4. The Morgan fingerprint density at radius 1 is 1.29 bits per heavy atom. The molecule has 0 radical (unpaired) electrons. The van der Waals surface area contributed by atoms with Crippen molar-refractivity contribution in [1.82, 2.24) is 4.90 Å². The van der Waals surface area contributed by atoms with E-state index in [0.717, 1.165) is 0 Å². The standard InChI is InChI=1S/C16H22N2O3/c1-11(2)12-5-7-13(8-6-12)17-15(21)18-10-4-9-16(18,3)14(19)20/h5-8,11H,4,9-10H2,1-3H3,(H,17,21)(H,19,20). The van der Waals surface area contributed by atoms with Gasteiger partial charge in [-0.25, -0.2) is 9.59 Å². The van der Waals surface area contributed by atoms with E-state index in [9.17, 15) is 14.7 Å². The lowest BCUT2D eigenvalue weighted by molar-refractivity contribution is -0.146. The molecule has 1 saturated heterocycles. The first-order valence-electron chi connectivity index (χ1n) is 7.26. The van der Waals surface area contributed by atoms with Crippen molar-refractivity contribution in [3.63, 3.8) is 0 Å². The molecule has 0 saturated carbocycles. The lowest BCUT2D eigenvalue weighted by atomic mass is 10.00. The summed E-state index contributed by atoms with van der Waals surface area (Å²) in [5.41, 5.74) is 0.774. The van der Waals surface area contributed by atoms with Crippen LogP contribution < -0.4 is 5.32 Å². The average molecular weight is 290 g/mol. The van der Waals surface area contributed by atoms with Crippen molar-refractivity contribution in [2.75, 3.05) is 11.9 Å². The minimum absolute atomic E-state index is 0.352. The van der Waals surface area contributed by atoms with Gasteiger partial charge >= 0.3 is 12.0 Å². The zero-order valence-corrected chi connectivity index (χ0v) is 12.7. The lowest BCUT2D eigenvalue weighted by Gasteiger charge is -2.31. The van der Waals surface area contributed by atoms with Crippen LogP contribution >= 0.6 is 0 Å². The van der Waals surface area contributed by atoms with Crippen molar-refractivity contribution < 1.29 is 14.7 Å². The number of rotatable bonds is 3. The number of aliphatic carboxylic acids is 1. The van der Waals surface area contributed by atoms with Crippen molar-refractivity contribution in [2.24, 2.45) is 0 Å². The molecule has 2 amide bonds. The first kappa shape index (κ1) is 15.4. The summed E-state index contributed by atoms with van der Waals surface area (Å²) in [6.07, 6.45) is 1.20. The fraction of sp³-hybridized carbons (Fsp3) is 0.500. The van der Waals surface area contributed by atoms with Gasteiger partial charge in [0.05, 0.1) is 0 Å². The molecule has 1 atom stereocenters. The Morgan fingerprint density at radius 3 is 2.43 bits per heavy atom. The van der Waals surface area contributed by atoms with Gasteiger partial charge in [0.2, 0.25) is 0 Å². The van der Waals surface area contributed by atoms with Crippen LogP contribution in [0.3, 0.4) is 0 Å². The monoisotopic (exact) mass is 290 g/mol. The summed E-state index contributed by atoms with van der Waals surface area (Å²) in [7, 11) is 0. The van der Waals surface area contributed by atoms with E-state index in [-0.39, 0.29) is 6.03 Å². The van der Waals surface area contributed by atoms with E-state index in [1.54, 1.807) is 6.92 Å². The highest BCUT2D eigenvalue weighted by molar-refractivity contribution is 5.94. The molecule has 114 valence electrons. The predicted molar refractivity (Wildman–Crippen MR) is 81.5 cm³/mol. The zero-order valence-electron chi connectivity index (χ0n) is 12.7. The summed E-state index contributed by atoms with van der Waals surface area (Å²) >= 11 is 0. The number of hydrogen-bond donors (Lipinski definition) is 2. The summed E-state index contributed by atoms with van der Waals surface area (Å²) in [5.74, 6) is -0.519. The average Bonchev–Trinajstić information content (AvgIpc) is 2.83. The van der Waals surface area contributed by atoms with Crippen molar-refractivity contribution in [2.45, 2.75) is 45.1 Å². The molecule has 0 aliphatic carbocycles. The molecule has 1 aliphatic rings. The van der Waals surface area contributed by atoms with Gasteiger partial charge in [-0.2, -0.15) is 0 Å². The van der Waals surface area contributed by atoms with Crippen molar-refractivity contribution in [3.05, 3.63) is 29.8 Å². The van der Waals surface area contributed by atoms with Gasteiger partial charge in [0, 0.05) is 12.2 Å². The Bertz CT molecular complexity index is 539. The number of carboxylic acid groups (broad SMARTS) is 1. The topological polar surface area (TPSA) is 69.6 Å². The third kappa shape index (κ3) is 3.01. The zero-order chi connectivity index (χ0) is 15.6. The molecule has 1 aromatic rings. The maximum absolute atomic E-state index is 12.3. The Hall–Kier alpha value is -2.04. The van der Waals surface area contributed by atoms with Crippen molar-refractivity contribution >= 4 is 17.7 Å². The molecule has 1 aromatic carbocycles. The molecule has 21 heavy (non-hydrogen) atoms. The largest absolute Gasteiger partial charge is 0.480 e. The molecule has 2 N–H and O–H groups in total. The number of nitrogens with one attached hydrogen (secondary N) is 1. The summed E-state index contributed by atoms with van der Waals surface area (Å²) in [6, 6.07) is 7.29. The number of carbonyl (C=O) groups is 2. The second-order valence-electron chi connectivity index (χ2n) is 6.04. The molecular weight excluding hydrogens is 268 g/mol. The maximum Gasteiger partial charge on any atom is 0.329 e. The third-order valence-electron chi connectivity index (χ3n) is 4.18. The van der Waals surface area contributed by atoms with Crippen LogP contribution in [0.2, 0.25) is 0 Å². The summed E-state index contributed by atoms with van der Waals surface area (Å²) < 4.78 is 0. The predicted octanol–water partition coefficient (Wildman–Crippen LogP) is 3.28. The summed E-state index contributed by atoms with van der Waals surface area (Å²) in [6.45, 7) is 6.29. The summed E-state index contributed by atoms with van der Waals surface area (Å²) in [5, 5.41) is 12.1. The number of carbonyl (C=O) groups excluding carboxylic acids is 1. The molecule has 1 aliphatic heterocycles. The van der Waals surface area contributed by atoms with Gasteiger partial charge in [-0.05, 0) is 43.4 Å². The molecule has 0 bridgehead atoms. The Morgan fingerprint density at radius 2 is 1.90 bits per heavy atom. The molecule has 1 heterocycles. The van der Waals surface area contributed by atoms with Crippen LogP contribution in [0.5, 0.6) is 0 Å². The fourth-order valence-corrected chi connectivity index (χ4v) is 2.65. The number of carboxylic acids is 1. The van der Waals surface area contributed by atoms with Gasteiger partial charge in [-0.1, -0.05) is 26.0 Å². The van der Waals surface area contributed by atoms with E-state index in [0.29, 0.717) is 31.0 Å². The lowest BCUT2D eigenvalue weighted by Crippen LogP contribution is -2.52. The van der Waals surface area contributed by atoms with E-state index < -0.39 is 11.5 Å². The molecule has 1 unspecified atom stereocenters. The Balaban J connectivity index is 2.09. The number of anilines is 1. The van der Waals surface area contributed by atoms with Gasteiger partial charge in [0.1, 0.15) is 5.54 Å². The number of benzene rings is 1. The number of hydrogen-bond acceptors (Lipinski definition) is 2. The van der Waals surface area contributed by atoms with Crippen LogP contribution in [0.25, 0.3) is 0 Å². The smallest absolute Gasteiger partial charge is 0.329 e. The molecule has 0 spiro atoms. The second kappa shape index (κ2) is 5.76. The van der Waals surface area contributed by atoms with Crippen molar-refractivity contribution in [3.8, 4) is 0 Å². The van der Waals surface area contributed by atoms with Gasteiger partial charge in [-0.3, -0.25) is 0 Å². The Kier molecular flexibility index (Phi) is 4.21. The minimum Gasteiger partial charge on any atom is -0.480 e. The van der Waals surface area contributed by atoms with Gasteiger partial charge in [0.15, 0.2) is 0 Å². The van der Waals surface area contributed by atoms with Crippen LogP contribution in [-0.2, 0) is 4.79 Å². The maximum atomic E-state index is 12.3. The SMILES string of the molecule is CC(C)c1ccc(NC(=O)N2CCCC2(C)C(=O)O)cc1. The number of urea groups is 1. The molecule has 0 aromatic heterocycles. The highest BCUT2D eigenvalue weighted by Crippen LogP contribution is 2.30. The van der Waals surface area contributed by atoms with Crippen LogP contribution in [0.1, 0.15) is 45.1 Å². The van der Waals surface area contributed by atoms with Crippen LogP contribution in [-0.4, -0.2) is 34.1 Å². The van der Waals surface area contributed by atoms with Crippen LogP contribution in [0, 0.1) is 0 Å². The molecule has 5 heteroatoms. The van der Waals surface area contributed by atoms with Crippen LogP contribution in [0.4, 0.5) is 10.5 Å². The third-order valence-corrected chi connectivity index (χ3v) is 4.18. The number of likely N-dealkylation sites (tertiary alicyclic amines) is 1. The normalized spacial score (nSPS) is 21.6. The molecule has 5 nitrogen and oxygen atoms in total. The number of amides is 2. The van der Waals surface area contributed by atoms with E-state index in [4.69, 9.17) is 0 Å². The van der Waals surface area contributed by atoms with E-state index in [2.05, 4.69) is 19.2 Å². The fourth-order valence-electron chi connectivity index (χ4n) is 2.65. The first-order valence-corrected chi connectivity index (χ1v) is 7.26. The van der Waals surface area contributed by atoms with Gasteiger partial charge in [0.25, 0.3) is 0 Å². The van der Waals surface area contributed by atoms with Crippen LogP contribution in [0.15, 0.2) is 24.3 Å². The molecular formula is C16H22N2O3. The van der Waals surface area contributed by atoms with Gasteiger partial charge in [-0.15, -0.1) is 0 Å². The number of nitrogens with zero attached hydrogens (tertiary/aromatic N) is 1. The highest BCUT2D eigenvalue weighted by Gasteiger charge is 2.45. The van der Waals surface area contributed by atoms with E-state index >= 15 is 0 Å². The quantitative estimate of drug-likeness (QED) is 0.897. The van der Waals surface area contributed by atoms with Crippen molar-refractivity contribution in [1.29, 1.82) is 0 Å². The molecule has 2 rings (SSSR count). The van der Waals surface area contributed by atoms with E-state index in [1.807, 2.05) is 24.3 Å². The summed E-state index contributed by atoms with van der Waals surface area (Å²) in [4.78, 5) is 25.1. The second-order valence-corrected chi connectivity index (χ2v) is 6.04. The Labute approximate surface area is 125 Å². The van der Waals surface area contributed by atoms with E-state index in [1.165, 1.54) is 10.5 Å². The first-order chi connectivity index (χ1) is 9.84. The van der Waals surface area contributed by atoms with Gasteiger partial charge < -0.3 is 15.3 Å². The minimum atomic E-state index is -1.11.